The highest BCUT2D eigenvalue weighted by Crippen LogP contribution is 2.60. The minimum atomic E-state index is -0.720. The molecule has 0 aromatic carbocycles. The summed E-state index contributed by atoms with van der Waals surface area (Å²) in [6.07, 6.45) is 7.88. The van der Waals surface area contributed by atoms with Crippen LogP contribution in [0, 0.1) is 23.2 Å². The number of imide groups is 1. The number of fused-ring (bicyclic) bond motifs is 5. The maximum Gasteiger partial charge on any atom is 0.270 e. The lowest BCUT2D eigenvalue weighted by Gasteiger charge is -2.28. The highest BCUT2D eigenvalue weighted by Gasteiger charge is 2.67. The number of nitrogens with zero attached hydrogens (tertiary/aromatic N) is 2. The molecule has 112 valence electrons. The van der Waals surface area contributed by atoms with Gasteiger partial charge < -0.3 is 0 Å². The van der Waals surface area contributed by atoms with Gasteiger partial charge in [0, 0.05) is 18.0 Å². The fraction of sp³-hybridized carbons (Fsp3) is 0.375. The first-order valence-corrected chi connectivity index (χ1v) is 7.31. The van der Waals surface area contributed by atoms with Crippen LogP contribution in [0.1, 0.15) is 23.7 Å². The normalized spacial score (nSPS) is 35.1. The van der Waals surface area contributed by atoms with Crippen molar-refractivity contribution in [3.05, 3.63) is 42.2 Å². The van der Waals surface area contributed by atoms with Crippen LogP contribution in [0.5, 0.6) is 0 Å². The molecule has 0 radical (unpaired) electrons. The first-order chi connectivity index (χ1) is 10.5. The summed E-state index contributed by atoms with van der Waals surface area (Å²) in [5, 5.41) is 0.916. The van der Waals surface area contributed by atoms with Crippen LogP contribution in [-0.4, -0.2) is 27.7 Å². The standard InChI is InChI=1S/C16H15N3O3/c1-16-11-3-2-10(8-11)12(16)14(21)19(15(16)22)18-13(20)9-4-6-17-7-5-9/h2-7,10-12H,8H2,1H3,(H,18,20)/t10-,11-,12-,16-/m1/s1. The Hall–Kier alpha value is -2.50. The molecule has 2 heterocycles. The van der Waals surface area contributed by atoms with Gasteiger partial charge in [-0.05, 0) is 37.3 Å². The summed E-state index contributed by atoms with van der Waals surface area (Å²) in [7, 11) is 0. The van der Waals surface area contributed by atoms with Crippen LogP contribution in [0.15, 0.2) is 36.7 Å². The second kappa shape index (κ2) is 4.25. The Balaban J connectivity index is 1.61. The quantitative estimate of drug-likeness (QED) is 0.650. The van der Waals surface area contributed by atoms with E-state index in [1.807, 2.05) is 19.1 Å². The SMILES string of the molecule is C[C@]12C(=O)N(NC(=O)c3ccncc3)C(=O)[C@H]1[C@@H]1C=C[C@@H]2C1. The summed E-state index contributed by atoms with van der Waals surface area (Å²) < 4.78 is 0. The molecule has 1 N–H and O–H groups in total. The molecular weight excluding hydrogens is 282 g/mol. The summed E-state index contributed by atoms with van der Waals surface area (Å²) in [6.45, 7) is 1.84. The Morgan fingerprint density at radius 3 is 2.73 bits per heavy atom. The Morgan fingerprint density at radius 1 is 1.32 bits per heavy atom. The van der Waals surface area contributed by atoms with Crippen molar-refractivity contribution < 1.29 is 14.4 Å². The zero-order valence-corrected chi connectivity index (χ0v) is 12.0. The molecule has 1 aromatic heterocycles. The lowest BCUT2D eigenvalue weighted by atomic mass is 9.71. The predicted octanol–water partition coefficient (Wildman–Crippen LogP) is 0.924. The van der Waals surface area contributed by atoms with E-state index < -0.39 is 11.3 Å². The van der Waals surface area contributed by atoms with Gasteiger partial charge in [-0.25, -0.2) is 0 Å². The second-order valence-corrected chi connectivity index (χ2v) is 6.31. The molecule has 2 fully saturated rings. The second-order valence-electron chi connectivity index (χ2n) is 6.31. The first kappa shape index (κ1) is 13.2. The fourth-order valence-electron chi connectivity index (χ4n) is 4.08. The van der Waals surface area contributed by atoms with E-state index in [0.717, 1.165) is 11.4 Å². The molecule has 1 aromatic rings. The van der Waals surface area contributed by atoms with Crippen LogP contribution in [0.3, 0.4) is 0 Å². The highest BCUT2D eigenvalue weighted by molar-refractivity contribution is 6.10. The van der Waals surface area contributed by atoms with E-state index in [-0.39, 0.29) is 29.6 Å². The van der Waals surface area contributed by atoms with Gasteiger partial charge in [-0.3, -0.25) is 24.8 Å². The third-order valence-electron chi connectivity index (χ3n) is 5.27. The third kappa shape index (κ3) is 1.49. The molecule has 3 amide bonds. The van der Waals surface area contributed by atoms with Crippen LogP contribution < -0.4 is 5.43 Å². The van der Waals surface area contributed by atoms with E-state index in [9.17, 15) is 14.4 Å². The molecule has 1 aliphatic heterocycles. The van der Waals surface area contributed by atoms with E-state index in [0.29, 0.717) is 5.56 Å². The molecule has 2 aliphatic carbocycles. The molecule has 1 saturated carbocycles. The lowest BCUT2D eigenvalue weighted by Crippen LogP contribution is -2.48. The zero-order valence-electron chi connectivity index (χ0n) is 12.0. The van der Waals surface area contributed by atoms with Crippen molar-refractivity contribution in [1.82, 2.24) is 15.4 Å². The van der Waals surface area contributed by atoms with Crippen LogP contribution >= 0.6 is 0 Å². The number of hydrazine groups is 1. The number of carbonyl (C=O) groups is 3. The van der Waals surface area contributed by atoms with Crippen LogP contribution in [-0.2, 0) is 9.59 Å². The fourth-order valence-corrected chi connectivity index (χ4v) is 4.08. The first-order valence-electron chi connectivity index (χ1n) is 7.31. The molecule has 4 atom stereocenters. The molecule has 4 rings (SSSR count). The number of hydrogen-bond donors (Lipinski definition) is 1. The van der Waals surface area contributed by atoms with Gasteiger partial charge in [0.15, 0.2) is 0 Å². The highest BCUT2D eigenvalue weighted by atomic mass is 16.2. The van der Waals surface area contributed by atoms with Crippen molar-refractivity contribution in [2.24, 2.45) is 23.2 Å². The van der Waals surface area contributed by atoms with Crippen molar-refractivity contribution in [2.45, 2.75) is 13.3 Å². The molecule has 0 spiro atoms. The van der Waals surface area contributed by atoms with Gasteiger partial charge in [0.1, 0.15) is 0 Å². The number of rotatable bonds is 2. The number of hydrogen-bond acceptors (Lipinski definition) is 4. The van der Waals surface area contributed by atoms with Crippen molar-refractivity contribution in [2.75, 3.05) is 0 Å². The number of nitrogens with one attached hydrogen (secondary N) is 1. The zero-order chi connectivity index (χ0) is 15.5. The number of pyridine rings is 1. The molecule has 3 aliphatic rings. The van der Waals surface area contributed by atoms with Gasteiger partial charge in [0.05, 0.1) is 11.3 Å². The van der Waals surface area contributed by atoms with Crippen molar-refractivity contribution in [3.8, 4) is 0 Å². The molecular formula is C16H15N3O3. The average molecular weight is 297 g/mol. The van der Waals surface area contributed by atoms with Gasteiger partial charge >= 0.3 is 0 Å². The summed E-state index contributed by atoms with van der Waals surface area (Å²) in [5.41, 5.74) is 2.10. The van der Waals surface area contributed by atoms with Crippen LogP contribution in [0.25, 0.3) is 0 Å². The van der Waals surface area contributed by atoms with Gasteiger partial charge in [0.25, 0.3) is 17.7 Å². The summed E-state index contributed by atoms with van der Waals surface area (Å²) in [4.78, 5) is 41.4. The lowest BCUT2D eigenvalue weighted by molar-refractivity contribution is -0.145. The van der Waals surface area contributed by atoms with Gasteiger partial charge in [-0.2, -0.15) is 5.01 Å². The maximum absolute atomic E-state index is 12.7. The van der Waals surface area contributed by atoms with E-state index >= 15 is 0 Å². The Kier molecular flexibility index (Phi) is 2.55. The average Bonchev–Trinajstić information content (AvgIpc) is 3.16. The van der Waals surface area contributed by atoms with E-state index in [1.54, 1.807) is 0 Å². The van der Waals surface area contributed by atoms with E-state index in [4.69, 9.17) is 0 Å². The Bertz CT molecular complexity index is 715. The third-order valence-corrected chi connectivity index (χ3v) is 5.27. The van der Waals surface area contributed by atoms with Gasteiger partial charge in [-0.15, -0.1) is 0 Å². The monoisotopic (exact) mass is 297 g/mol. The topological polar surface area (TPSA) is 79.4 Å². The van der Waals surface area contributed by atoms with Gasteiger partial charge in [0.2, 0.25) is 0 Å². The van der Waals surface area contributed by atoms with Crippen molar-refractivity contribution >= 4 is 17.7 Å². The minimum Gasteiger partial charge on any atom is -0.272 e. The minimum absolute atomic E-state index is 0.0850. The number of aromatic nitrogens is 1. The molecule has 6 nitrogen and oxygen atoms in total. The molecule has 0 unspecified atom stereocenters. The Labute approximate surface area is 127 Å². The van der Waals surface area contributed by atoms with Gasteiger partial charge in [-0.1, -0.05) is 12.2 Å². The molecule has 6 heteroatoms. The number of amides is 3. The number of allylic oxidation sites excluding steroid dienone is 2. The smallest absolute Gasteiger partial charge is 0.270 e. The number of carbonyl (C=O) groups excluding carboxylic acids is 3. The predicted molar refractivity (Wildman–Crippen MR) is 75.9 cm³/mol. The van der Waals surface area contributed by atoms with Crippen molar-refractivity contribution in [3.63, 3.8) is 0 Å². The summed E-state index contributed by atoms with van der Waals surface area (Å²) >= 11 is 0. The van der Waals surface area contributed by atoms with E-state index in [1.165, 1.54) is 24.5 Å². The van der Waals surface area contributed by atoms with Crippen molar-refractivity contribution in [1.29, 1.82) is 0 Å². The summed E-state index contributed by atoms with van der Waals surface area (Å²) in [6, 6.07) is 3.07. The molecule has 2 bridgehead atoms. The van der Waals surface area contributed by atoms with Crippen LogP contribution in [0.4, 0.5) is 0 Å². The van der Waals surface area contributed by atoms with Crippen LogP contribution in [0.2, 0.25) is 0 Å². The summed E-state index contributed by atoms with van der Waals surface area (Å²) in [5.74, 6) is -1.25. The maximum atomic E-state index is 12.7. The molecule has 1 saturated heterocycles. The largest absolute Gasteiger partial charge is 0.272 e. The Morgan fingerprint density at radius 2 is 2.05 bits per heavy atom. The van der Waals surface area contributed by atoms with E-state index in [2.05, 4.69) is 10.4 Å². The molecule has 22 heavy (non-hydrogen) atoms.